The highest BCUT2D eigenvalue weighted by Crippen LogP contribution is 2.23. The summed E-state index contributed by atoms with van der Waals surface area (Å²) in [4.78, 5) is 4.02. The largest absolute Gasteiger partial charge is 0.496 e. The number of nitrogens with one attached hydrogen (secondary N) is 2. The Morgan fingerprint density at radius 2 is 2.09 bits per heavy atom. The minimum atomic E-state index is 0.491. The second-order valence-corrected chi connectivity index (χ2v) is 6.02. The molecular formula is C15H14BrN5OS. The zero-order valence-corrected chi connectivity index (χ0v) is 14.7. The standard InChI is InChI=1S/C15H14BrN5OS/c1-22-13-3-2-12(16)8-11(13)9-18-21-14(19-20-15(21)23)10-4-6-17-7-5-10/h2-8,18H,9H2,1H3,(H,20,23). The van der Waals surface area contributed by atoms with Crippen LogP contribution in [-0.2, 0) is 6.54 Å². The van der Waals surface area contributed by atoms with Gasteiger partial charge >= 0.3 is 0 Å². The topological polar surface area (TPSA) is 67.8 Å². The van der Waals surface area contributed by atoms with Crippen molar-refractivity contribution in [3.63, 3.8) is 0 Å². The lowest BCUT2D eigenvalue weighted by molar-refractivity contribution is 0.409. The fourth-order valence-corrected chi connectivity index (χ4v) is 2.79. The first-order valence-electron chi connectivity index (χ1n) is 6.83. The van der Waals surface area contributed by atoms with Crippen LogP contribution in [0.2, 0.25) is 0 Å². The molecule has 0 aliphatic heterocycles. The van der Waals surface area contributed by atoms with Gasteiger partial charge in [-0.3, -0.25) is 4.98 Å². The van der Waals surface area contributed by atoms with Crippen LogP contribution < -0.4 is 10.2 Å². The van der Waals surface area contributed by atoms with Gasteiger partial charge in [0.1, 0.15) is 5.75 Å². The van der Waals surface area contributed by atoms with Gasteiger partial charge in [-0.05, 0) is 42.5 Å². The molecule has 0 atom stereocenters. The van der Waals surface area contributed by atoms with Crippen LogP contribution in [0, 0.1) is 4.77 Å². The van der Waals surface area contributed by atoms with Gasteiger partial charge in [0.2, 0.25) is 4.77 Å². The second-order valence-electron chi connectivity index (χ2n) is 4.71. The number of aromatic amines is 1. The molecule has 0 aliphatic rings. The summed E-state index contributed by atoms with van der Waals surface area (Å²) >= 11 is 8.78. The van der Waals surface area contributed by atoms with E-state index in [4.69, 9.17) is 17.0 Å². The number of rotatable bonds is 5. The number of hydrogen-bond acceptors (Lipinski definition) is 5. The van der Waals surface area contributed by atoms with Crippen molar-refractivity contribution in [2.75, 3.05) is 12.5 Å². The third-order valence-corrected chi connectivity index (χ3v) is 4.05. The smallest absolute Gasteiger partial charge is 0.214 e. The molecule has 0 saturated carbocycles. The van der Waals surface area contributed by atoms with E-state index in [0.29, 0.717) is 17.1 Å². The van der Waals surface area contributed by atoms with Gasteiger partial charge in [0.05, 0.1) is 13.7 Å². The lowest BCUT2D eigenvalue weighted by atomic mass is 10.2. The Hall–Kier alpha value is -2.19. The van der Waals surface area contributed by atoms with E-state index in [0.717, 1.165) is 21.3 Å². The minimum absolute atomic E-state index is 0.491. The van der Waals surface area contributed by atoms with Crippen LogP contribution in [0.3, 0.4) is 0 Å². The molecule has 0 bridgehead atoms. The van der Waals surface area contributed by atoms with E-state index < -0.39 is 0 Å². The SMILES string of the molecule is COc1ccc(Br)cc1CNn1c(-c2ccncc2)n[nH]c1=S. The normalized spacial score (nSPS) is 10.5. The molecule has 0 radical (unpaired) electrons. The highest BCUT2D eigenvalue weighted by atomic mass is 79.9. The average Bonchev–Trinajstić information content (AvgIpc) is 2.94. The van der Waals surface area contributed by atoms with Gasteiger partial charge in [-0.15, -0.1) is 0 Å². The zero-order valence-electron chi connectivity index (χ0n) is 12.3. The predicted molar refractivity (Wildman–Crippen MR) is 94.4 cm³/mol. The molecule has 8 heteroatoms. The van der Waals surface area contributed by atoms with Crippen LogP contribution in [0.1, 0.15) is 5.56 Å². The van der Waals surface area contributed by atoms with Crippen LogP contribution >= 0.6 is 28.1 Å². The number of aromatic nitrogens is 4. The molecule has 2 aromatic heterocycles. The lowest BCUT2D eigenvalue weighted by Gasteiger charge is -2.13. The molecule has 3 aromatic rings. The van der Waals surface area contributed by atoms with Gasteiger partial charge in [0.25, 0.3) is 0 Å². The second kappa shape index (κ2) is 6.93. The number of pyridine rings is 1. The first kappa shape index (κ1) is 15.7. The van der Waals surface area contributed by atoms with E-state index in [1.165, 1.54) is 0 Å². The summed E-state index contributed by atoms with van der Waals surface area (Å²) < 4.78 is 8.61. The molecule has 0 fully saturated rings. The monoisotopic (exact) mass is 391 g/mol. The molecule has 2 N–H and O–H groups in total. The van der Waals surface area contributed by atoms with Gasteiger partial charge in [-0.25, -0.2) is 9.77 Å². The first-order chi connectivity index (χ1) is 11.2. The van der Waals surface area contributed by atoms with Crippen LogP contribution in [0.25, 0.3) is 11.4 Å². The number of halogens is 1. The molecule has 0 spiro atoms. The van der Waals surface area contributed by atoms with Crippen LogP contribution in [-0.4, -0.2) is 27.0 Å². The highest BCUT2D eigenvalue weighted by Gasteiger charge is 2.10. The van der Waals surface area contributed by atoms with E-state index in [2.05, 4.69) is 36.5 Å². The Balaban J connectivity index is 1.89. The van der Waals surface area contributed by atoms with Gasteiger partial charge in [0, 0.05) is 28.0 Å². The van der Waals surface area contributed by atoms with Gasteiger partial charge in [0.15, 0.2) is 5.82 Å². The Morgan fingerprint density at radius 3 is 2.83 bits per heavy atom. The van der Waals surface area contributed by atoms with Crippen molar-refractivity contribution < 1.29 is 4.74 Å². The number of methoxy groups -OCH3 is 1. The summed E-state index contributed by atoms with van der Waals surface area (Å²) in [7, 11) is 1.65. The maximum Gasteiger partial charge on any atom is 0.214 e. The Labute approximate surface area is 146 Å². The molecule has 1 aromatic carbocycles. The van der Waals surface area contributed by atoms with Crippen molar-refractivity contribution in [1.82, 2.24) is 19.9 Å². The van der Waals surface area contributed by atoms with E-state index in [1.54, 1.807) is 24.2 Å². The lowest BCUT2D eigenvalue weighted by Crippen LogP contribution is -2.16. The fraction of sp³-hybridized carbons (Fsp3) is 0.133. The zero-order chi connectivity index (χ0) is 16.2. The predicted octanol–water partition coefficient (Wildman–Crippen LogP) is 3.52. The number of H-pyrrole nitrogens is 1. The first-order valence-corrected chi connectivity index (χ1v) is 8.03. The highest BCUT2D eigenvalue weighted by molar-refractivity contribution is 9.10. The molecule has 0 aliphatic carbocycles. The number of benzene rings is 1. The Bertz CT molecular complexity index is 862. The van der Waals surface area contributed by atoms with Crippen molar-refractivity contribution in [3.8, 4) is 17.1 Å². The van der Waals surface area contributed by atoms with E-state index in [1.807, 2.05) is 30.3 Å². The summed E-state index contributed by atoms with van der Waals surface area (Å²) in [6, 6.07) is 9.61. The van der Waals surface area contributed by atoms with Crippen molar-refractivity contribution >= 4 is 28.1 Å². The molecule has 2 heterocycles. The Morgan fingerprint density at radius 1 is 1.30 bits per heavy atom. The van der Waals surface area contributed by atoms with E-state index in [-0.39, 0.29) is 0 Å². The molecule has 0 saturated heterocycles. The van der Waals surface area contributed by atoms with Gasteiger partial charge in [-0.1, -0.05) is 15.9 Å². The summed E-state index contributed by atoms with van der Waals surface area (Å²) in [6.45, 7) is 0.536. The molecule has 6 nitrogen and oxygen atoms in total. The molecule has 23 heavy (non-hydrogen) atoms. The Kier molecular flexibility index (Phi) is 4.73. The molecule has 118 valence electrons. The van der Waals surface area contributed by atoms with Crippen molar-refractivity contribution in [3.05, 3.63) is 57.5 Å². The summed E-state index contributed by atoms with van der Waals surface area (Å²) in [5, 5.41) is 7.08. The van der Waals surface area contributed by atoms with E-state index in [9.17, 15) is 0 Å². The van der Waals surface area contributed by atoms with Crippen molar-refractivity contribution in [2.24, 2.45) is 0 Å². The average molecular weight is 392 g/mol. The van der Waals surface area contributed by atoms with E-state index >= 15 is 0 Å². The summed E-state index contributed by atoms with van der Waals surface area (Å²) in [6.07, 6.45) is 3.43. The van der Waals surface area contributed by atoms with Crippen LogP contribution in [0.4, 0.5) is 0 Å². The molecule has 0 amide bonds. The van der Waals surface area contributed by atoms with Crippen LogP contribution in [0.15, 0.2) is 47.2 Å². The third kappa shape index (κ3) is 3.43. The van der Waals surface area contributed by atoms with Gasteiger partial charge in [-0.2, -0.15) is 5.10 Å². The van der Waals surface area contributed by atoms with Crippen molar-refractivity contribution in [1.29, 1.82) is 0 Å². The molecule has 0 unspecified atom stereocenters. The fourth-order valence-electron chi connectivity index (χ4n) is 2.19. The summed E-state index contributed by atoms with van der Waals surface area (Å²) in [5.41, 5.74) is 5.20. The maximum atomic E-state index is 5.39. The number of hydrogen-bond donors (Lipinski definition) is 2. The van der Waals surface area contributed by atoms with Crippen LogP contribution in [0.5, 0.6) is 5.75 Å². The maximum absolute atomic E-state index is 5.39. The quantitative estimate of drug-likeness (QED) is 0.651. The number of ether oxygens (including phenoxy) is 1. The summed E-state index contributed by atoms with van der Waals surface area (Å²) in [5.74, 6) is 1.51. The van der Waals surface area contributed by atoms with Gasteiger partial charge < -0.3 is 10.2 Å². The number of nitrogens with zero attached hydrogens (tertiary/aromatic N) is 3. The minimum Gasteiger partial charge on any atom is -0.496 e. The third-order valence-electron chi connectivity index (χ3n) is 3.28. The molecule has 3 rings (SSSR count). The van der Waals surface area contributed by atoms with Crippen molar-refractivity contribution in [2.45, 2.75) is 6.54 Å². The molecular weight excluding hydrogens is 378 g/mol.